The molecule has 1 heterocycles. The van der Waals surface area contributed by atoms with Gasteiger partial charge < -0.3 is 14.6 Å². The standard InChI is InChI=1S/C30H22FNO5/c1-36-23-16-10-19(11-17-23)28(33)26-27(32(30(35)29(26)34)22-14-12-21(31)13-15-22)20-6-5-9-25(18-20)37-24-7-3-2-4-8-24/h2-18,27,33H,1H3/b28-26-. The van der Waals surface area contributed by atoms with E-state index in [-0.39, 0.29) is 11.3 Å². The number of hydrogen-bond donors (Lipinski definition) is 1. The maximum Gasteiger partial charge on any atom is 0.300 e. The van der Waals surface area contributed by atoms with Gasteiger partial charge in [-0.2, -0.15) is 0 Å². The Morgan fingerprint density at radius 3 is 2.16 bits per heavy atom. The Bertz CT molecular complexity index is 1480. The van der Waals surface area contributed by atoms with Crippen molar-refractivity contribution in [2.45, 2.75) is 6.04 Å². The Labute approximate surface area is 212 Å². The maximum absolute atomic E-state index is 13.7. The number of aliphatic hydroxyl groups is 1. The van der Waals surface area contributed by atoms with Crippen LogP contribution in [0.2, 0.25) is 0 Å². The van der Waals surface area contributed by atoms with E-state index in [1.807, 2.05) is 18.2 Å². The molecule has 0 bridgehead atoms. The lowest BCUT2D eigenvalue weighted by Gasteiger charge is -2.25. The van der Waals surface area contributed by atoms with Crippen LogP contribution in [-0.2, 0) is 9.59 Å². The predicted molar refractivity (Wildman–Crippen MR) is 137 cm³/mol. The van der Waals surface area contributed by atoms with Crippen molar-refractivity contribution in [1.29, 1.82) is 0 Å². The van der Waals surface area contributed by atoms with Crippen LogP contribution < -0.4 is 14.4 Å². The van der Waals surface area contributed by atoms with Crippen LogP contribution in [0.3, 0.4) is 0 Å². The molecule has 0 saturated carbocycles. The van der Waals surface area contributed by atoms with Gasteiger partial charge in [0.2, 0.25) is 0 Å². The monoisotopic (exact) mass is 495 g/mol. The number of hydrogen-bond acceptors (Lipinski definition) is 5. The first kappa shape index (κ1) is 23.8. The molecule has 7 heteroatoms. The molecular formula is C30H22FNO5. The third kappa shape index (κ3) is 4.67. The molecule has 0 radical (unpaired) electrons. The lowest BCUT2D eigenvalue weighted by Crippen LogP contribution is -2.29. The number of methoxy groups -OCH3 is 1. The summed E-state index contributed by atoms with van der Waals surface area (Å²) in [6, 6.07) is 26.9. The molecule has 1 amide bonds. The number of rotatable bonds is 6. The van der Waals surface area contributed by atoms with E-state index in [0.717, 1.165) is 0 Å². The minimum absolute atomic E-state index is 0.0867. The predicted octanol–water partition coefficient (Wildman–Crippen LogP) is 6.25. The number of carbonyl (C=O) groups is 2. The Balaban J connectivity index is 1.65. The van der Waals surface area contributed by atoms with Crippen molar-refractivity contribution in [2.75, 3.05) is 12.0 Å². The van der Waals surface area contributed by atoms with E-state index in [1.165, 1.54) is 36.3 Å². The van der Waals surface area contributed by atoms with Gasteiger partial charge in [0.1, 0.15) is 28.8 Å². The summed E-state index contributed by atoms with van der Waals surface area (Å²) in [5.41, 5.74) is 1.11. The fraction of sp³-hybridized carbons (Fsp3) is 0.0667. The SMILES string of the molecule is COc1ccc(/C(O)=C2/C(=O)C(=O)N(c3ccc(F)cc3)C2c2cccc(Oc3ccccc3)c2)cc1. The average molecular weight is 496 g/mol. The highest BCUT2D eigenvalue weighted by molar-refractivity contribution is 6.51. The van der Waals surface area contributed by atoms with Crippen molar-refractivity contribution in [3.05, 3.63) is 126 Å². The molecule has 4 aromatic rings. The molecule has 1 saturated heterocycles. The largest absolute Gasteiger partial charge is 0.507 e. The van der Waals surface area contributed by atoms with Crippen LogP contribution in [0.4, 0.5) is 10.1 Å². The van der Waals surface area contributed by atoms with Crippen molar-refractivity contribution < 1.29 is 28.6 Å². The number of halogens is 1. The van der Waals surface area contributed by atoms with Gasteiger partial charge >= 0.3 is 0 Å². The lowest BCUT2D eigenvalue weighted by molar-refractivity contribution is -0.132. The van der Waals surface area contributed by atoms with Crippen LogP contribution >= 0.6 is 0 Å². The number of nitrogens with zero attached hydrogens (tertiary/aromatic N) is 1. The summed E-state index contributed by atoms with van der Waals surface area (Å²) >= 11 is 0. The number of ketones is 1. The molecule has 1 unspecified atom stereocenters. The van der Waals surface area contributed by atoms with E-state index in [4.69, 9.17) is 9.47 Å². The number of anilines is 1. The van der Waals surface area contributed by atoms with Crippen LogP contribution in [0.5, 0.6) is 17.2 Å². The zero-order valence-electron chi connectivity index (χ0n) is 19.8. The summed E-state index contributed by atoms with van der Waals surface area (Å²) in [4.78, 5) is 27.9. The minimum Gasteiger partial charge on any atom is -0.507 e. The summed E-state index contributed by atoms with van der Waals surface area (Å²) < 4.78 is 24.8. The van der Waals surface area contributed by atoms with Crippen molar-refractivity contribution in [1.82, 2.24) is 0 Å². The molecule has 0 aromatic heterocycles. The van der Waals surface area contributed by atoms with Gasteiger partial charge in [0.15, 0.2) is 0 Å². The van der Waals surface area contributed by atoms with E-state index in [0.29, 0.717) is 34.1 Å². The van der Waals surface area contributed by atoms with Crippen molar-refractivity contribution in [3.8, 4) is 17.2 Å². The lowest BCUT2D eigenvalue weighted by atomic mass is 9.95. The zero-order valence-corrected chi connectivity index (χ0v) is 19.8. The van der Waals surface area contributed by atoms with E-state index < -0.39 is 23.5 Å². The van der Waals surface area contributed by atoms with Crippen molar-refractivity contribution in [3.63, 3.8) is 0 Å². The third-order valence-electron chi connectivity index (χ3n) is 6.07. The van der Waals surface area contributed by atoms with Crippen LogP contribution in [0.25, 0.3) is 5.76 Å². The summed E-state index contributed by atoms with van der Waals surface area (Å²) in [6.45, 7) is 0. The normalized spacial score (nSPS) is 16.6. The molecule has 0 aliphatic carbocycles. The zero-order chi connectivity index (χ0) is 25.9. The molecule has 1 atom stereocenters. The highest BCUT2D eigenvalue weighted by Crippen LogP contribution is 2.43. The van der Waals surface area contributed by atoms with E-state index in [2.05, 4.69) is 0 Å². The average Bonchev–Trinajstić information content (AvgIpc) is 3.19. The van der Waals surface area contributed by atoms with Gasteiger partial charge in [-0.25, -0.2) is 4.39 Å². The minimum atomic E-state index is -0.980. The summed E-state index contributed by atoms with van der Waals surface area (Å²) in [5, 5.41) is 11.3. The summed E-state index contributed by atoms with van der Waals surface area (Å²) in [5.74, 6) is -0.814. The number of Topliss-reactive ketones (excluding diaryl/α,β-unsaturated/α-hetero) is 1. The molecule has 1 aliphatic heterocycles. The fourth-order valence-corrected chi connectivity index (χ4v) is 4.29. The molecule has 1 fully saturated rings. The Hall–Kier alpha value is -4.91. The number of benzene rings is 4. The smallest absolute Gasteiger partial charge is 0.300 e. The number of amides is 1. The molecule has 1 aliphatic rings. The molecule has 184 valence electrons. The van der Waals surface area contributed by atoms with Crippen molar-refractivity contribution >= 4 is 23.1 Å². The van der Waals surface area contributed by atoms with Gasteiger partial charge in [-0.1, -0.05) is 30.3 Å². The fourth-order valence-electron chi connectivity index (χ4n) is 4.29. The van der Waals surface area contributed by atoms with Crippen LogP contribution in [0.1, 0.15) is 17.2 Å². The van der Waals surface area contributed by atoms with Gasteiger partial charge in [-0.3, -0.25) is 14.5 Å². The van der Waals surface area contributed by atoms with Crippen LogP contribution in [0, 0.1) is 5.82 Å². The molecule has 6 nitrogen and oxygen atoms in total. The Morgan fingerprint density at radius 1 is 0.811 bits per heavy atom. The molecule has 1 N–H and O–H groups in total. The maximum atomic E-state index is 13.7. The van der Waals surface area contributed by atoms with Crippen molar-refractivity contribution in [2.24, 2.45) is 0 Å². The molecule has 0 spiro atoms. The second-order valence-corrected chi connectivity index (χ2v) is 8.36. The molecule has 37 heavy (non-hydrogen) atoms. The second-order valence-electron chi connectivity index (χ2n) is 8.36. The van der Waals surface area contributed by atoms with Gasteiger partial charge in [0.25, 0.3) is 11.7 Å². The highest BCUT2D eigenvalue weighted by Gasteiger charge is 2.47. The van der Waals surface area contributed by atoms with E-state index >= 15 is 0 Å². The topological polar surface area (TPSA) is 76.1 Å². The van der Waals surface area contributed by atoms with Crippen LogP contribution in [0.15, 0.2) is 109 Å². The van der Waals surface area contributed by atoms with E-state index in [1.54, 1.807) is 60.7 Å². The quantitative estimate of drug-likeness (QED) is 0.194. The van der Waals surface area contributed by atoms with Crippen LogP contribution in [-0.4, -0.2) is 23.9 Å². The van der Waals surface area contributed by atoms with Gasteiger partial charge in [-0.05, 0) is 78.4 Å². The summed E-state index contributed by atoms with van der Waals surface area (Å²) in [6.07, 6.45) is 0. The summed E-state index contributed by atoms with van der Waals surface area (Å²) in [7, 11) is 1.52. The molecular weight excluding hydrogens is 473 g/mol. The third-order valence-corrected chi connectivity index (χ3v) is 6.07. The number of carbonyl (C=O) groups excluding carboxylic acids is 2. The Kier molecular flexibility index (Phi) is 6.43. The first-order valence-electron chi connectivity index (χ1n) is 11.5. The molecule has 4 aromatic carbocycles. The Morgan fingerprint density at radius 2 is 1.49 bits per heavy atom. The van der Waals surface area contributed by atoms with Gasteiger partial charge in [-0.15, -0.1) is 0 Å². The van der Waals surface area contributed by atoms with E-state index in [9.17, 15) is 19.1 Å². The number of ether oxygens (including phenoxy) is 2. The number of aliphatic hydroxyl groups excluding tert-OH is 1. The van der Waals surface area contributed by atoms with Gasteiger partial charge in [0.05, 0.1) is 18.7 Å². The van der Waals surface area contributed by atoms with Gasteiger partial charge in [0, 0.05) is 11.3 Å². The first-order chi connectivity index (χ1) is 18.0. The second kappa shape index (κ2) is 9.99. The first-order valence-corrected chi connectivity index (χ1v) is 11.5. The molecule has 5 rings (SSSR count). The number of para-hydroxylation sites is 1. The highest BCUT2D eigenvalue weighted by atomic mass is 19.1.